The van der Waals surface area contributed by atoms with Gasteiger partial charge in [0.2, 0.25) is 0 Å². The van der Waals surface area contributed by atoms with Gasteiger partial charge in [0, 0.05) is 39.3 Å². The molecule has 2 atom stereocenters. The average Bonchev–Trinajstić information content (AvgIpc) is 3.16. The minimum atomic E-state index is -0.780. The predicted octanol–water partition coefficient (Wildman–Crippen LogP) is 2.94. The van der Waals surface area contributed by atoms with Crippen molar-refractivity contribution < 1.29 is 19.4 Å². The summed E-state index contributed by atoms with van der Waals surface area (Å²) in [6.07, 6.45) is 6.68. The van der Waals surface area contributed by atoms with Crippen LogP contribution in [-0.4, -0.2) is 102 Å². The molecule has 3 aliphatic heterocycles. The number of nitrogens with zero attached hydrogens (tertiary/aromatic N) is 4. The van der Waals surface area contributed by atoms with Gasteiger partial charge in [-0.1, -0.05) is 49.6 Å². The van der Waals surface area contributed by atoms with E-state index in [1.54, 1.807) is 11.9 Å². The Bertz CT molecular complexity index is 799. The van der Waals surface area contributed by atoms with Crippen molar-refractivity contribution in [2.45, 2.75) is 57.3 Å². The molecule has 0 bridgehead atoms. The van der Waals surface area contributed by atoms with Crippen LogP contribution in [0.4, 0.5) is 4.79 Å². The zero-order valence-corrected chi connectivity index (χ0v) is 20.5. The van der Waals surface area contributed by atoms with Gasteiger partial charge in [-0.05, 0) is 43.8 Å². The first kappa shape index (κ1) is 24.9. The molecule has 0 radical (unpaired) electrons. The molecule has 1 aromatic carbocycles. The standard InChI is InChI=1S/C26H40N4O4/c1-27-19-24(34-26(27)33)30-16-15-29(20-25(31)32)18-23(30)10-6-5-7-21-11-13-28(14-12-21)17-22-8-3-2-4-9-22/h2-4,8-9,21,23-24H,5-7,10-20H2,1H3,(H,31,32). The molecule has 8 heteroatoms. The van der Waals surface area contributed by atoms with Gasteiger partial charge in [-0.2, -0.15) is 0 Å². The van der Waals surface area contributed by atoms with E-state index < -0.39 is 5.97 Å². The number of likely N-dealkylation sites (tertiary alicyclic amines) is 1. The molecule has 3 saturated heterocycles. The number of likely N-dealkylation sites (N-methyl/N-ethyl adjacent to an activating group) is 1. The highest BCUT2D eigenvalue weighted by Crippen LogP contribution is 2.26. The van der Waals surface area contributed by atoms with E-state index in [1.807, 2.05) is 4.90 Å². The highest BCUT2D eigenvalue weighted by Gasteiger charge is 2.39. The number of carbonyl (C=O) groups excluding carboxylic acids is 1. The molecule has 3 aliphatic rings. The maximum atomic E-state index is 11.9. The number of benzene rings is 1. The summed E-state index contributed by atoms with van der Waals surface area (Å²) in [5, 5.41) is 9.22. The lowest BCUT2D eigenvalue weighted by Crippen LogP contribution is -2.58. The first-order valence-electron chi connectivity index (χ1n) is 12.9. The van der Waals surface area contributed by atoms with Crippen molar-refractivity contribution >= 4 is 12.1 Å². The zero-order chi connectivity index (χ0) is 23.9. The van der Waals surface area contributed by atoms with Crippen molar-refractivity contribution in [1.82, 2.24) is 19.6 Å². The second-order valence-electron chi connectivity index (χ2n) is 10.2. The number of unbranched alkanes of at least 4 members (excludes halogenated alkanes) is 1. The number of ether oxygens (including phenoxy) is 1. The Kier molecular flexibility index (Phi) is 8.80. The van der Waals surface area contributed by atoms with Crippen molar-refractivity contribution in [1.29, 1.82) is 0 Å². The molecule has 3 heterocycles. The Balaban J connectivity index is 1.20. The highest BCUT2D eigenvalue weighted by molar-refractivity contribution is 5.69. The number of piperidine rings is 1. The normalized spacial score (nSPS) is 25.6. The van der Waals surface area contributed by atoms with Gasteiger partial charge in [-0.25, -0.2) is 4.79 Å². The number of carbonyl (C=O) groups is 2. The molecule has 8 nitrogen and oxygen atoms in total. The van der Waals surface area contributed by atoms with E-state index in [-0.39, 0.29) is 24.9 Å². The van der Waals surface area contributed by atoms with Gasteiger partial charge in [0.05, 0.1) is 13.1 Å². The smallest absolute Gasteiger partial charge is 0.411 e. The molecule has 1 aromatic rings. The summed E-state index contributed by atoms with van der Waals surface area (Å²) in [5.41, 5.74) is 1.40. The van der Waals surface area contributed by atoms with Gasteiger partial charge in [0.1, 0.15) is 0 Å². The molecule has 0 saturated carbocycles. The van der Waals surface area contributed by atoms with Crippen LogP contribution in [0.1, 0.15) is 44.1 Å². The summed E-state index contributed by atoms with van der Waals surface area (Å²) in [5.74, 6) is 0.0280. The summed E-state index contributed by atoms with van der Waals surface area (Å²) in [7, 11) is 1.77. The van der Waals surface area contributed by atoms with Crippen molar-refractivity contribution in [3.8, 4) is 0 Å². The fourth-order valence-electron chi connectivity index (χ4n) is 5.72. The quantitative estimate of drug-likeness (QED) is 0.525. The van der Waals surface area contributed by atoms with Crippen molar-refractivity contribution in [2.75, 3.05) is 52.9 Å². The van der Waals surface area contributed by atoms with Gasteiger partial charge in [-0.15, -0.1) is 0 Å². The van der Waals surface area contributed by atoms with Crippen LogP contribution in [0.15, 0.2) is 30.3 Å². The fourth-order valence-corrected chi connectivity index (χ4v) is 5.72. The van der Waals surface area contributed by atoms with E-state index in [0.717, 1.165) is 38.4 Å². The van der Waals surface area contributed by atoms with Gasteiger partial charge in [0.25, 0.3) is 0 Å². The molecule has 4 rings (SSSR count). The number of amides is 1. The largest absolute Gasteiger partial charge is 0.480 e. The molecule has 0 aromatic heterocycles. The number of hydrogen-bond acceptors (Lipinski definition) is 6. The van der Waals surface area contributed by atoms with Crippen LogP contribution >= 0.6 is 0 Å². The lowest BCUT2D eigenvalue weighted by Gasteiger charge is -2.43. The van der Waals surface area contributed by atoms with E-state index in [0.29, 0.717) is 13.1 Å². The molecule has 0 spiro atoms. The summed E-state index contributed by atoms with van der Waals surface area (Å²) < 4.78 is 5.59. The lowest BCUT2D eigenvalue weighted by atomic mass is 9.90. The molecule has 1 amide bonds. The SMILES string of the molecule is CN1CC(N2CCN(CC(=O)O)CC2CCCCC2CCN(Cc3ccccc3)CC2)OC1=O. The maximum absolute atomic E-state index is 11.9. The second-order valence-corrected chi connectivity index (χ2v) is 10.2. The molecule has 34 heavy (non-hydrogen) atoms. The number of carboxylic acids is 1. The van der Waals surface area contributed by atoms with Crippen LogP contribution in [0.2, 0.25) is 0 Å². The van der Waals surface area contributed by atoms with E-state index in [4.69, 9.17) is 4.74 Å². The van der Waals surface area contributed by atoms with Crippen LogP contribution in [0, 0.1) is 5.92 Å². The zero-order valence-electron chi connectivity index (χ0n) is 20.5. The topological polar surface area (TPSA) is 76.6 Å². The van der Waals surface area contributed by atoms with E-state index in [9.17, 15) is 14.7 Å². The van der Waals surface area contributed by atoms with Gasteiger partial charge < -0.3 is 14.7 Å². The Morgan fingerprint density at radius 3 is 2.41 bits per heavy atom. The highest BCUT2D eigenvalue weighted by atomic mass is 16.6. The van der Waals surface area contributed by atoms with Gasteiger partial charge >= 0.3 is 12.1 Å². The number of aliphatic carboxylic acids is 1. The van der Waals surface area contributed by atoms with Gasteiger partial charge in [-0.3, -0.25) is 19.5 Å². The minimum Gasteiger partial charge on any atom is -0.480 e. The number of hydrogen-bond donors (Lipinski definition) is 1. The number of carboxylic acid groups (broad SMARTS) is 1. The molecule has 3 fully saturated rings. The summed E-state index contributed by atoms with van der Waals surface area (Å²) in [6.45, 7) is 6.24. The Morgan fingerprint density at radius 1 is 1.00 bits per heavy atom. The van der Waals surface area contributed by atoms with Crippen molar-refractivity contribution in [3.63, 3.8) is 0 Å². The van der Waals surface area contributed by atoms with Crippen molar-refractivity contribution in [2.24, 2.45) is 5.92 Å². The Hall–Kier alpha value is -2.16. The van der Waals surface area contributed by atoms with Gasteiger partial charge in [0.15, 0.2) is 6.23 Å². The first-order chi connectivity index (χ1) is 16.5. The monoisotopic (exact) mass is 472 g/mol. The van der Waals surface area contributed by atoms with Crippen molar-refractivity contribution in [3.05, 3.63) is 35.9 Å². The fraction of sp³-hybridized carbons (Fsp3) is 0.692. The summed E-state index contributed by atoms with van der Waals surface area (Å²) >= 11 is 0. The molecule has 188 valence electrons. The third-order valence-electron chi connectivity index (χ3n) is 7.68. The van der Waals surface area contributed by atoms with E-state index >= 15 is 0 Å². The molecular formula is C26H40N4O4. The Morgan fingerprint density at radius 2 is 1.74 bits per heavy atom. The van der Waals surface area contributed by atoms with Crippen LogP contribution in [0.25, 0.3) is 0 Å². The van der Waals surface area contributed by atoms with Crippen LogP contribution in [-0.2, 0) is 16.1 Å². The Labute approximate surface area is 203 Å². The summed E-state index contributed by atoms with van der Waals surface area (Å²) in [4.78, 5) is 31.6. The second kappa shape index (κ2) is 12.0. The predicted molar refractivity (Wildman–Crippen MR) is 130 cm³/mol. The van der Waals surface area contributed by atoms with Crippen LogP contribution < -0.4 is 0 Å². The number of cyclic esters (lactones) is 1. The maximum Gasteiger partial charge on any atom is 0.411 e. The molecule has 0 aliphatic carbocycles. The lowest BCUT2D eigenvalue weighted by molar-refractivity contribution is -0.139. The van der Waals surface area contributed by atoms with Crippen LogP contribution in [0.5, 0.6) is 0 Å². The summed E-state index contributed by atoms with van der Waals surface area (Å²) in [6, 6.07) is 11.0. The number of rotatable bonds is 10. The van der Waals surface area contributed by atoms with Crippen LogP contribution in [0.3, 0.4) is 0 Å². The number of piperazine rings is 1. The average molecular weight is 473 g/mol. The third-order valence-corrected chi connectivity index (χ3v) is 7.68. The van der Waals surface area contributed by atoms with E-state index in [2.05, 4.69) is 40.1 Å². The molecular weight excluding hydrogens is 432 g/mol. The van der Waals surface area contributed by atoms with E-state index in [1.165, 1.54) is 44.3 Å². The third kappa shape index (κ3) is 6.93. The minimum absolute atomic E-state index is 0.0796. The molecule has 1 N–H and O–H groups in total. The molecule has 2 unspecified atom stereocenters. The first-order valence-corrected chi connectivity index (χ1v) is 12.9.